The second kappa shape index (κ2) is 6.36. The number of aliphatic hydroxyl groups is 2. The Morgan fingerprint density at radius 2 is 2.00 bits per heavy atom. The van der Waals surface area contributed by atoms with Gasteiger partial charge in [0.1, 0.15) is 0 Å². The number of allylic oxidation sites excluding steroid dienone is 3. The molecule has 98 valence electrons. The Morgan fingerprint density at radius 3 is 2.59 bits per heavy atom. The fourth-order valence-corrected chi connectivity index (χ4v) is 2.32. The first-order valence-electron chi connectivity index (χ1n) is 6.60. The molecule has 1 aliphatic carbocycles. The highest BCUT2D eigenvalue weighted by atomic mass is 16.3. The molecule has 0 radical (unpaired) electrons. The van der Waals surface area contributed by atoms with Crippen LogP contribution in [0.5, 0.6) is 0 Å². The second-order valence-corrected chi connectivity index (χ2v) is 5.73. The molecule has 0 fully saturated rings. The summed E-state index contributed by atoms with van der Waals surface area (Å²) in [6, 6.07) is 0. The van der Waals surface area contributed by atoms with E-state index in [1.54, 1.807) is 0 Å². The van der Waals surface area contributed by atoms with E-state index in [1.165, 1.54) is 5.57 Å². The molecule has 0 spiro atoms. The standard InChI is InChI=1S/C15H26O2/c1-12-5-4-6-13(11-16)8-10-14(9-7-12)15(2,3)17/h5,8,14,16-17H,4,6-7,9-11H2,1-3H3/b12-5+,13-8-. The van der Waals surface area contributed by atoms with Gasteiger partial charge in [0.2, 0.25) is 0 Å². The van der Waals surface area contributed by atoms with Gasteiger partial charge in [-0.3, -0.25) is 0 Å². The number of hydrogen-bond acceptors (Lipinski definition) is 2. The minimum absolute atomic E-state index is 0.144. The lowest BCUT2D eigenvalue weighted by atomic mass is 9.82. The third kappa shape index (κ3) is 5.05. The van der Waals surface area contributed by atoms with E-state index in [0.717, 1.165) is 37.7 Å². The van der Waals surface area contributed by atoms with Gasteiger partial charge < -0.3 is 10.2 Å². The van der Waals surface area contributed by atoms with Crippen LogP contribution < -0.4 is 0 Å². The van der Waals surface area contributed by atoms with Crippen LogP contribution in [0.4, 0.5) is 0 Å². The highest BCUT2D eigenvalue weighted by Gasteiger charge is 2.25. The fraction of sp³-hybridized carbons (Fsp3) is 0.733. The Balaban J connectivity index is 2.80. The molecule has 0 aromatic rings. The zero-order valence-corrected chi connectivity index (χ0v) is 11.4. The van der Waals surface area contributed by atoms with Crippen LogP contribution in [-0.2, 0) is 0 Å². The molecule has 1 rings (SSSR count). The van der Waals surface area contributed by atoms with E-state index < -0.39 is 5.60 Å². The van der Waals surface area contributed by atoms with E-state index in [9.17, 15) is 10.2 Å². The van der Waals surface area contributed by atoms with E-state index in [1.807, 2.05) is 13.8 Å². The van der Waals surface area contributed by atoms with Crippen LogP contribution in [0.15, 0.2) is 23.3 Å². The molecule has 17 heavy (non-hydrogen) atoms. The van der Waals surface area contributed by atoms with Crippen molar-refractivity contribution in [2.24, 2.45) is 5.92 Å². The third-order valence-electron chi connectivity index (χ3n) is 3.74. The highest BCUT2D eigenvalue weighted by Crippen LogP contribution is 2.29. The van der Waals surface area contributed by atoms with Crippen molar-refractivity contribution in [1.29, 1.82) is 0 Å². The first kappa shape index (κ1) is 14.5. The molecule has 0 amide bonds. The SMILES string of the molecule is C/C1=C\CC/C(CO)=C/CC(C(C)(C)O)CC1. The van der Waals surface area contributed by atoms with Gasteiger partial charge in [0.05, 0.1) is 12.2 Å². The molecule has 0 aromatic carbocycles. The predicted octanol–water partition coefficient (Wildman–Crippen LogP) is 3.20. The maximum atomic E-state index is 10.2. The lowest BCUT2D eigenvalue weighted by molar-refractivity contribution is 0.0144. The van der Waals surface area contributed by atoms with Crippen LogP contribution in [0.3, 0.4) is 0 Å². The number of rotatable bonds is 2. The molecule has 2 heteroatoms. The third-order valence-corrected chi connectivity index (χ3v) is 3.74. The largest absolute Gasteiger partial charge is 0.392 e. The Morgan fingerprint density at radius 1 is 1.29 bits per heavy atom. The molecule has 0 saturated heterocycles. The summed E-state index contributed by atoms with van der Waals surface area (Å²) in [6.45, 7) is 6.07. The lowest BCUT2D eigenvalue weighted by Crippen LogP contribution is -2.30. The molecular formula is C15H26O2. The Hall–Kier alpha value is -0.600. The van der Waals surface area contributed by atoms with Crippen molar-refractivity contribution < 1.29 is 10.2 Å². The monoisotopic (exact) mass is 238 g/mol. The van der Waals surface area contributed by atoms with Crippen LogP contribution >= 0.6 is 0 Å². The van der Waals surface area contributed by atoms with Gasteiger partial charge in [0.15, 0.2) is 0 Å². The fourth-order valence-electron chi connectivity index (χ4n) is 2.32. The van der Waals surface area contributed by atoms with Gasteiger partial charge in [-0.2, -0.15) is 0 Å². The van der Waals surface area contributed by atoms with Crippen molar-refractivity contribution in [3.05, 3.63) is 23.3 Å². The Kier molecular flexibility index (Phi) is 5.41. The summed E-state index contributed by atoms with van der Waals surface area (Å²) in [4.78, 5) is 0. The predicted molar refractivity (Wildman–Crippen MR) is 71.8 cm³/mol. The number of aliphatic hydroxyl groups excluding tert-OH is 1. The Bertz CT molecular complexity index is 295. The van der Waals surface area contributed by atoms with Gasteiger partial charge in [-0.15, -0.1) is 0 Å². The highest BCUT2D eigenvalue weighted by molar-refractivity contribution is 5.09. The summed E-state index contributed by atoms with van der Waals surface area (Å²) in [5.74, 6) is 0.269. The van der Waals surface area contributed by atoms with Crippen molar-refractivity contribution in [3.63, 3.8) is 0 Å². The molecule has 0 heterocycles. The molecule has 1 atom stereocenters. The van der Waals surface area contributed by atoms with Crippen molar-refractivity contribution in [2.75, 3.05) is 6.61 Å². The summed E-state index contributed by atoms with van der Waals surface area (Å²) in [5, 5.41) is 19.4. The molecule has 2 N–H and O–H groups in total. The topological polar surface area (TPSA) is 40.5 Å². The molecule has 1 aliphatic rings. The normalized spacial score (nSPS) is 30.1. The van der Waals surface area contributed by atoms with Crippen LogP contribution in [0.25, 0.3) is 0 Å². The minimum atomic E-state index is -0.642. The first-order valence-corrected chi connectivity index (χ1v) is 6.60. The molecule has 0 aromatic heterocycles. The van der Waals surface area contributed by atoms with Crippen LogP contribution in [0, 0.1) is 5.92 Å². The van der Waals surface area contributed by atoms with E-state index in [0.29, 0.717) is 0 Å². The lowest BCUT2D eigenvalue weighted by Gasteiger charge is -2.29. The van der Waals surface area contributed by atoms with E-state index in [4.69, 9.17) is 0 Å². The minimum Gasteiger partial charge on any atom is -0.392 e. The van der Waals surface area contributed by atoms with Crippen LogP contribution in [-0.4, -0.2) is 22.4 Å². The number of hydrogen-bond donors (Lipinski definition) is 2. The zero-order chi connectivity index (χ0) is 12.9. The smallest absolute Gasteiger partial charge is 0.0641 e. The molecule has 2 nitrogen and oxygen atoms in total. The van der Waals surface area contributed by atoms with Gasteiger partial charge in [0, 0.05) is 0 Å². The van der Waals surface area contributed by atoms with E-state index >= 15 is 0 Å². The summed E-state index contributed by atoms with van der Waals surface area (Å²) in [7, 11) is 0. The molecule has 0 aliphatic heterocycles. The Labute approximate surface area is 105 Å². The summed E-state index contributed by atoms with van der Waals surface area (Å²) < 4.78 is 0. The van der Waals surface area contributed by atoms with Crippen LogP contribution in [0.1, 0.15) is 52.9 Å². The van der Waals surface area contributed by atoms with Gasteiger partial charge in [-0.05, 0) is 64.4 Å². The zero-order valence-electron chi connectivity index (χ0n) is 11.4. The van der Waals surface area contributed by atoms with Crippen LogP contribution in [0.2, 0.25) is 0 Å². The van der Waals surface area contributed by atoms with Gasteiger partial charge in [-0.1, -0.05) is 17.7 Å². The van der Waals surface area contributed by atoms with E-state index in [-0.39, 0.29) is 12.5 Å². The average molecular weight is 238 g/mol. The van der Waals surface area contributed by atoms with Gasteiger partial charge in [0.25, 0.3) is 0 Å². The maximum absolute atomic E-state index is 10.2. The van der Waals surface area contributed by atoms with Crippen molar-refractivity contribution in [1.82, 2.24) is 0 Å². The summed E-state index contributed by atoms with van der Waals surface area (Å²) >= 11 is 0. The molecule has 0 bridgehead atoms. The van der Waals surface area contributed by atoms with Gasteiger partial charge in [-0.25, -0.2) is 0 Å². The van der Waals surface area contributed by atoms with Gasteiger partial charge >= 0.3 is 0 Å². The molecule has 1 unspecified atom stereocenters. The molecule has 0 saturated carbocycles. The summed E-state index contributed by atoms with van der Waals surface area (Å²) in [5.41, 5.74) is 1.86. The summed E-state index contributed by atoms with van der Waals surface area (Å²) in [6.07, 6.45) is 9.29. The first-order chi connectivity index (χ1) is 7.93. The van der Waals surface area contributed by atoms with Crippen molar-refractivity contribution in [3.8, 4) is 0 Å². The van der Waals surface area contributed by atoms with Crippen molar-refractivity contribution in [2.45, 2.75) is 58.5 Å². The average Bonchev–Trinajstić information content (AvgIpc) is 2.25. The maximum Gasteiger partial charge on any atom is 0.0641 e. The second-order valence-electron chi connectivity index (χ2n) is 5.73. The van der Waals surface area contributed by atoms with E-state index in [2.05, 4.69) is 19.1 Å². The quantitative estimate of drug-likeness (QED) is 0.725. The van der Waals surface area contributed by atoms with Crippen molar-refractivity contribution >= 4 is 0 Å². The molecular weight excluding hydrogens is 212 g/mol.